The Hall–Kier alpha value is -3.49. The predicted octanol–water partition coefficient (Wildman–Crippen LogP) is 3.90. The molecule has 0 bridgehead atoms. The molecule has 3 aromatic rings. The molecule has 33 heavy (non-hydrogen) atoms. The van der Waals surface area contributed by atoms with E-state index in [2.05, 4.69) is 18.0 Å². The summed E-state index contributed by atoms with van der Waals surface area (Å²) in [7, 11) is 2.15. The minimum Gasteiger partial charge on any atom is -0.478 e. The van der Waals surface area contributed by atoms with Gasteiger partial charge in [-0.05, 0) is 51.2 Å². The van der Waals surface area contributed by atoms with Crippen molar-refractivity contribution < 1.29 is 24.6 Å². The summed E-state index contributed by atoms with van der Waals surface area (Å²) in [5.74, 6) is -2.30. The lowest BCUT2D eigenvalue weighted by atomic mass is 9.92. The van der Waals surface area contributed by atoms with E-state index >= 15 is 0 Å². The number of carbonyl (C=O) groups excluding carboxylic acids is 1. The second-order valence-electron chi connectivity index (χ2n) is 7.69. The molecule has 0 saturated carbocycles. The third kappa shape index (κ3) is 6.06. The molecular weight excluding hydrogens is 446 g/mol. The number of rotatable bonds is 4. The van der Waals surface area contributed by atoms with Crippen molar-refractivity contribution in [3.63, 3.8) is 0 Å². The zero-order valence-corrected chi connectivity index (χ0v) is 18.8. The van der Waals surface area contributed by atoms with E-state index in [1.165, 1.54) is 4.68 Å². The number of halogens is 1. The lowest BCUT2D eigenvalue weighted by Crippen LogP contribution is -2.29. The first-order chi connectivity index (χ1) is 15.8. The first kappa shape index (κ1) is 24.2. The molecule has 172 valence electrons. The van der Waals surface area contributed by atoms with Gasteiger partial charge in [-0.2, -0.15) is 9.78 Å². The molecule has 0 atom stereocenters. The largest absolute Gasteiger partial charge is 0.478 e. The number of fused-ring (bicyclic) bond motifs is 1. The summed E-state index contributed by atoms with van der Waals surface area (Å²) in [4.78, 5) is 34.5. The van der Waals surface area contributed by atoms with Crippen LogP contribution in [0.3, 0.4) is 0 Å². The van der Waals surface area contributed by atoms with Crippen LogP contribution in [0.5, 0.6) is 0 Å². The number of piperidine rings is 1. The molecule has 1 aliphatic rings. The summed E-state index contributed by atoms with van der Waals surface area (Å²) in [6, 6.07) is 15.1. The van der Waals surface area contributed by atoms with Crippen molar-refractivity contribution in [1.29, 1.82) is 0 Å². The van der Waals surface area contributed by atoms with Gasteiger partial charge in [0.2, 0.25) is 0 Å². The molecule has 0 amide bonds. The molecule has 1 aliphatic heterocycles. The molecule has 1 aromatic heterocycles. The topological polar surface area (TPSA) is 113 Å². The highest BCUT2D eigenvalue weighted by molar-refractivity contribution is 6.34. The SMILES string of the molecule is CN1CCC(c2nn(C(=O)c3ccccc3Cl)c3ccccc23)CC1.O=C(O)C=CC(=O)O. The fourth-order valence-corrected chi connectivity index (χ4v) is 3.94. The maximum absolute atomic E-state index is 13.0. The maximum Gasteiger partial charge on any atom is 0.328 e. The van der Waals surface area contributed by atoms with Crippen LogP contribution in [0, 0.1) is 0 Å². The zero-order valence-electron chi connectivity index (χ0n) is 18.0. The van der Waals surface area contributed by atoms with E-state index < -0.39 is 11.9 Å². The molecular formula is C24H24ClN3O5. The van der Waals surface area contributed by atoms with Crippen LogP contribution >= 0.6 is 11.6 Å². The highest BCUT2D eigenvalue weighted by atomic mass is 35.5. The van der Waals surface area contributed by atoms with Crippen molar-refractivity contribution in [3.8, 4) is 0 Å². The van der Waals surface area contributed by atoms with Gasteiger partial charge in [0.1, 0.15) is 0 Å². The van der Waals surface area contributed by atoms with Crippen molar-refractivity contribution in [2.45, 2.75) is 18.8 Å². The Labute approximate surface area is 195 Å². The van der Waals surface area contributed by atoms with Crippen LogP contribution in [0.1, 0.15) is 34.8 Å². The summed E-state index contributed by atoms with van der Waals surface area (Å²) in [6.07, 6.45) is 3.25. The maximum atomic E-state index is 13.0. The average Bonchev–Trinajstić information content (AvgIpc) is 3.18. The van der Waals surface area contributed by atoms with E-state index in [1.807, 2.05) is 30.3 Å². The Morgan fingerprint density at radius 2 is 1.55 bits per heavy atom. The lowest BCUT2D eigenvalue weighted by molar-refractivity contribution is -0.134. The summed E-state index contributed by atoms with van der Waals surface area (Å²) < 4.78 is 1.52. The third-order valence-electron chi connectivity index (χ3n) is 5.39. The van der Waals surface area contributed by atoms with Crippen LogP contribution in [-0.2, 0) is 9.59 Å². The van der Waals surface area contributed by atoms with E-state index in [9.17, 15) is 14.4 Å². The van der Waals surface area contributed by atoms with Gasteiger partial charge in [-0.25, -0.2) is 9.59 Å². The Morgan fingerprint density at radius 1 is 0.970 bits per heavy atom. The number of benzene rings is 2. The first-order valence-electron chi connectivity index (χ1n) is 10.4. The van der Waals surface area contributed by atoms with E-state index in [0.29, 0.717) is 28.7 Å². The number of likely N-dealkylation sites (tertiary alicyclic amines) is 1. The molecule has 0 unspecified atom stereocenters. The van der Waals surface area contributed by atoms with E-state index in [-0.39, 0.29) is 5.91 Å². The molecule has 8 nitrogen and oxygen atoms in total. The minimum atomic E-state index is -1.26. The number of aliphatic carboxylic acids is 2. The van der Waals surface area contributed by atoms with Crippen LogP contribution in [0.4, 0.5) is 0 Å². The van der Waals surface area contributed by atoms with Crippen LogP contribution in [0.15, 0.2) is 60.7 Å². The highest BCUT2D eigenvalue weighted by Gasteiger charge is 2.26. The number of nitrogens with zero attached hydrogens (tertiary/aromatic N) is 3. The van der Waals surface area contributed by atoms with Crippen molar-refractivity contribution in [3.05, 3.63) is 77.0 Å². The molecule has 0 aliphatic carbocycles. The first-order valence-corrected chi connectivity index (χ1v) is 10.7. The Kier molecular flexibility index (Phi) is 7.97. The third-order valence-corrected chi connectivity index (χ3v) is 5.72. The molecule has 4 rings (SSSR count). The van der Waals surface area contributed by atoms with E-state index in [0.717, 1.165) is 42.5 Å². The van der Waals surface area contributed by atoms with Gasteiger partial charge < -0.3 is 15.1 Å². The van der Waals surface area contributed by atoms with E-state index in [1.54, 1.807) is 12.1 Å². The molecule has 0 spiro atoms. The molecule has 2 N–H and O–H groups in total. The van der Waals surface area contributed by atoms with Crippen LogP contribution in [-0.4, -0.2) is 62.9 Å². The number of para-hydroxylation sites is 1. The summed E-state index contributed by atoms with van der Waals surface area (Å²) in [5.41, 5.74) is 2.36. The molecule has 1 saturated heterocycles. The van der Waals surface area contributed by atoms with Crippen molar-refractivity contribution >= 4 is 40.3 Å². The van der Waals surface area contributed by atoms with Crippen molar-refractivity contribution in [2.75, 3.05) is 20.1 Å². The average molecular weight is 470 g/mol. The number of aromatic nitrogens is 2. The fraction of sp³-hybridized carbons (Fsp3) is 0.250. The van der Waals surface area contributed by atoms with Crippen LogP contribution in [0.2, 0.25) is 5.02 Å². The highest BCUT2D eigenvalue weighted by Crippen LogP contribution is 2.32. The van der Waals surface area contributed by atoms with Gasteiger partial charge in [0.15, 0.2) is 0 Å². The predicted molar refractivity (Wildman–Crippen MR) is 125 cm³/mol. The fourth-order valence-electron chi connectivity index (χ4n) is 3.72. The Balaban J connectivity index is 0.000000331. The lowest BCUT2D eigenvalue weighted by Gasteiger charge is -2.28. The monoisotopic (exact) mass is 469 g/mol. The number of carboxylic acids is 2. The second-order valence-corrected chi connectivity index (χ2v) is 8.09. The summed E-state index contributed by atoms with van der Waals surface area (Å²) in [5, 5.41) is 21.9. The minimum absolute atomic E-state index is 0.180. The van der Waals surface area contributed by atoms with Crippen LogP contribution < -0.4 is 0 Å². The molecule has 1 fully saturated rings. The number of hydrogen-bond acceptors (Lipinski definition) is 5. The molecule has 9 heteroatoms. The Bertz CT molecular complexity index is 1180. The normalized spacial score (nSPS) is 14.7. The standard InChI is InChI=1S/C20H20ClN3O.C4H4O4/c1-23-12-10-14(11-13-23)19-16-7-3-5-9-18(16)24(22-19)20(25)15-6-2-4-8-17(15)21;5-3(6)1-2-4(7)8/h2-9,14H,10-13H2,1H3;1-2H,(H,5,6)(H,7,8). The van der Waals surface area contributed by atoms with Crippen LogP contribution in [0.25, 0.3) is 10.9 Å². The van der Waals surface area contributed by atoms with E-state index in [4.69, 9.17) is 26.9 Å². The Morgan fingerprint density at radius 3 is 2.15 bits per heavy atom. The van der Waals surface area contributed by atoms with Gasteiger partial charge in [-0.1, -0.05) is 41.9 Å². The van der Waals surface area contributed by atoms with Crippen molar-refractivity contribution in [1.82, 2.24) is 14.7 Å². The quantitative estimate of drug-likeness (QED) is 0.557. The van der Waals surface area contributed by atoms with Gasteiger partial charge in [-0.3, -0.25) is 4.79 Å². The van der Waals surface area contributed by atoms with Gasteiger partial charge in [0.25, 0.3) is 5.91 Å². The smallest absolute Gasteiger partial charge is 0.328 e. The van der Waals surface area contributed by atoms with Gasteiger partial charge in [0.05, 0.1) is 21.8 Å². The molecule has 2 heterocycles. The van der Waals surface area contributed by atoms with Gasteiger partial charge in [-0.15, -0.1) is 0 Å². The number of hydrogen-bond donors (Lipinski definition) is 2. The summed E-state index contributed by atoms with van der Waals surface area (Å²) >= 11 is 6.22. The molecule has 2 aromatic carbocycles. The molecule has 0 radical (unpaired) electrons. The van der Waals surface area contributed by atoms with Gasteiger partial charge in [0, 0.05) is 23.5 Å². The summed E-state index contributed by atoms with van der Waals surface area (Å²) in [6.45, 7) is 2.12. The van der Waals surface area contributed by atoms with Crippen molar-refractivity contribution in [2.24, 2.45) is 0 Å². The number of carbonyl (C=O) groups is 3. The zero-order chi connectivity index (χ0) is 24.0. The second kappa shape index (κ2) is 10.9. The number of carboxylic acid groups (broad SMARTS) is 2. The van der Waals surface area contributed by atoms with Gasteiger partial charge >= 0.3 is 11.9 Å².